The number of benzene rings is 2. The number of fused-ring (bicyclic) bond motifs is 1. The van der Waals surface area contributed by atoms with Crippen LogP contribution < -0.4 is 20.1 Å². The lowest BCUT2D eigenvalue weighted by atomic mass is 10.1. The zero-order chi connectivity index (χ0) is 24.4. The minimum absolute atomic E-state index is 0.0639. The predicted molar refractivity (Wildman–Crippen MR) is 135 cm³/mol. The van der Waals surface area contributed by atoms with Crippen LogP contribution in [0.1, 0.15) is 20.9 Å². The smallest absolute Gasteiger partial charge is 0.325 e. The summed E-state index contributed by atoms with van der Waals surface area (Å²) >= 11 is 7.13. The molecule has 3 heterocycles. The summed E-state index contributed by atoms with van der Waals surface area (Å²) in [7, 11) is 0. The van der Waals surface area contributed by atoms with E-state index >= 15 is 0 Å². The molecule has 5 rings (SSSR count). The van der Waals surface area contributed by atoms with Crippen LogP contribution in [0.4, 0.5) is 15.6 Å². The first-order valence-corrected chi connectivity index (χ1v) is 12.4. The van der Waals surface area contributed by atoms with Crippen LogP contribution in [0.25, 0.3) is 0 Å². The van der Waals surface area contributed by atoms with Crippen LogP contribution in [0.3, 0.4) is 0 Å². The highest BCUT2D eigenvalue weighted by atomic mass is 35.5. The Balaban J connectivity index is 1.15. The average molecular weight is 514 g/mol. The molecule has 0 spiro atoms. The third-order valence-corrected chi connectivity index (χ3v) is 7.09. The molecule has 2 aliphatic heterocycles. The van der Waals surface area contributed by atoms with E-state index in [1.54, 1.807) is 31.2 Å². The summed E-state index contributed by atoms with van der Waals surface area (Å²) in [5.41, 5.74) is 2.32. The highest BCUT2D eigenvalue weighted by Gasteiger charge is 2.26. The molecule has 0 bridgehead atoms. The van der Waals surface area contributed by atoms with Crippen molar-refractivity contribution in [1.29, 1.82) is 0 Å². The van der Waals surface area contributed by atoms with Crippen LogP contribution >= 0.6 is 22.9 Å². The van der Waals surface area contributed by atoms with Gasteiger partial charge in [0.15, 0.2) is 16.6 Å². The van der Waals surface area contributed by atoms with Crippen LogP contribution in [0.5, 0.6) is 11.5 Å². The van der Waals surface area contributed by atoms with Crippen molar-refractivity contribution in [2.75, 3.05) is 43.6 Å². The van der Waals surface area contributed by atoms with Crippen LogP contribution in [0, 0.1) is 6.92 Å². The van der Waals surface area contributed by atoms with Crippen molar-refractivity contribution in [2.45, 2.75) is 13.5 Å². The number of rotatable bonds is 5. The summed E-state index contributed by atoms with van der Waals surface area (Å²) in [6.07, 6.45) is 0. The van der Waals surface area contributed by atoms with E-state index < -0.39 is 6.03 Å². The first-order chi connectivity index (χ1) is 16.9. The highest BCUT2D eigenvalue weighted by molar-refractivity contribution is 7.17. The summed E-state index contributed by atoms with van der Waals surface area (Å²) in [5.74, 6) is 1.49. The van der Waals surface area contributed by atoms with Gasteiger partial charge in [-0.2, -0.15) is 0 Å². The van der Waals surface area contributed by atoms with Crippen molar-refractivity contribution < 1.29 is 19.1 Å². The fraction of sp³-hybridized carbons (Fsp3) is 0.292. The fourth-order valence-corrected chi connectivity index (χ4v) is 5.14. The second-order valence-electron chi connectivity index (χ2n) is 8.28. The molecule has 3 aromatic rings. The number of aromatic nitrogens is 1. The lowest BCUT2D eigenvalue weighted by molar-refractivity contribution is 0.0632. The number of halogens is 1. The van der Waals surface area contributed by atoms with Gasteiger partial charge < -0.3 is 19.7 Å². The molecule has 2 aliphatic rings. The molecular weight excluding hydrogens is 490 g/mol. The Morgan fingerprint density at radius 1 is 1.06 bits per heavy atom. The number of thiazole rings is 1. The summed E-state index contributed by atoms with van der Waals surface area (Å²) in [5, 5.41) is 6.30. The Bertz CT molecular complexity index is 1260. The van der Waals surface area contributed by atoms with Crippen molar-refractivity contribution >= 4 is 45.7 Å². The number of hydrogen-bond donors (Lipinski definition) is 2. The number of aryl methyl sites for hydroxylation is 1. The third kappa shape index (κ3) is 5.50. The Kier molecular flexibility index (Phi) is 6.76. The SMILES string of the molecule is Cc1nc(NC(=O)Nc2cccc(Cl)c2)sc1C(=O)N1CCN(Cc2ccc3c(c2)OCO3)CC1. The minimum Gasteiger partial charge on any atom is -0.454 e. The van der Waals surface area contributed by atoms with Gasteiger partial charge in [0.05, 0.1) is 5.69 Å². The second kappa shape index (κ2) is 10.1. The summed E-state index contributed by atoms with van der Waals surface area (Å²) < 4.78 is 10.8. The number of piperazine rings is 1. The van der Waals surface area contributed by atoms with Gasteiger partial charge in [0.2, 0.25) is 6.79 Å². The van der Waals surface area contributed by atoms with Crippen LogP contribution in [0.2, 0.25) is 5.02 Å². The monoisotopic (exact) mass is 513 g/mol. The average Bonchev–Trinajstić information content (AvgIpc) is 3.44. The molecule has 2 N–H and O–H groups in total. The van der Waals surface area contributed by atoms with Gasteiger partial charge in [-0.05, 0) is 42.8 Å². The minimum atomic E-state index is -0.447. The van der Waals surface area contributed by atoms with Gasteiger partial charge in [0.1, 0.15) is 4.88 Å². The molecule has 3 amide bonds. The molecule has 1 aromatic heterocycles. The summed E-state index contributed by atoms with van der Waals surface area (Å²) in [6.45, 7) is 5.61. The molecule has 9 nitrogen and oxygen atoms in total. The molecule has 1 saturated heterocycles. The fourth-order valence-electron chi connectivity index (χ4n) is 4.02. The Labute approximate surface area is 211 Å². The van der Waals surface area contributed by atoms with E-state index in [2.05, 4.69) is 20.5 Å². The van der Waals surface area contributed by atoms with E-state index in [9.17, 15) is 9.59 Å². The van der Waals surface area contributed by atoms with E-state index in [0.29, 0.717) is 39.5 Å². The van der Waals surface area contributed by atoms with Crippen molar-refractivity contribution in [1.82, 2.24) is 14.8 Å². The largest absolute Gasteiger partial charge is 0.454 e. The van der Waals surface area contributed by atoms with Gasteiger partial charge in [0.25, 0.3) is 5.91 Å². The molecule has 0 radical (unpaired) electrons. The lowest BCUT2D eigenvalue weighted by Crippen LogP contribution is -2.48. The topological polar surface area (TPSA) is 96.0 Å². The maximum absolute atomic E-state index is 13.1. The van der Waals surface area contributed by atoms with Crippen molar-refractivity contribution in [3.63, 3.8) is 0 Å². The zero-order valence-electron chi connectivity index (χ0n) is 19.0. The standard InChI is InChI=1S/C24H24ClN5O4S/c1-15-21(35-24(26-15)28-23(32)27-18-4-2-3-17(25)12-18)22(31)30-9-7-29(8-10-30)13-16-5-6-19-20(11-16)34-14-33-19/h2-6,11-12H,7-10,13-14H2,1H3,(H2,26,27,28,32). The quantitative estimate of drug-likeness (QED) is 0.524. The van der Waals surface area contributed by atoms with E-state index in [4.69, 9.17) is 21.1 Å². The van der Waals surface area contributed by atoms with Crippen LogP contribution in [-0.4, -0.2) is 59.7 Å². The number of carbonyl (C=O) groups excluding carboxylic acids is 2. The molecule has 182 valence electrons. The number of hydrogen-bond acceptors (Lipinski definition) is 7. The van der Waals surface area contributed by atoms with E-state index in [1.165, 1.54) is 11.3 Å². The van der Waals surface area contributed by atoms with Gasteiger partial charge >= 0.3 is 6.03 Å². The molecule has 0 atom stereocenters. The second-order valence-corrected chi connectivity index (χ2v) is 9.71. The van der Waals surface area contributed by atoms with Gasteiger partial charge in [-0.15, -0.1) is 0 Å². The first kappa shape index (κ1) is 23.4. The van der Waals surface area contributed by atoms with Crippen molar-refractivity contribution in [3.8, 4) is 11.5 Å². The van der Waals surface area contributed by atoms with E-state index in [0.717, 1.165) is 36.7 Å². The summed E-state index contributed by atoms with van der Waals surface area (Å²) in [4.78, 5) is 34.5. The predicted octanol–water partition coefficient (Wildman–Crippen LogP) is 4.44. The molecule has 1 fully saturated rings. The molecular formula is C24H24ClN5O4S. The number of amides is 3. The van der Waals surface area contributed by atoms with Gasteiger partial charge in [-0.1, -0.05) is 35.1 Å². The van der Waals surface area contributed by atoms with E-state index in [-0.39, 0.29) is 12.7 Å². The van der Waals surface area contributed by atoms with Gasteiger partial charge in [-0.3, -0.25) is 15.0 Å². The summed E-state index contributed by atoms with van der Waals surface area (Å²) in [6, 6.07) is 12.4. The number of anilines is 2. The maximum Gasteiger partial charge on any atom is 0.325 e. The zero-order valence-corrected chi connectivity index (χ0v) is 20.6. The molecule has 0 saturated carbocycles. The maximum atomic E-state index is 13.1. The lowest BCUT2D eigenvalue weighted by Gasteiger charge is -2.34. The molecule has 2 aromatic carbocycles. The van der Waals surface area contributed by atoms with Gasteiger partial charge in [-0.25, -0.2) is 9.78 Å². The number of urea groups is 1. The van der Waals surface area contributed by atoms with Crippen molar-refractivity contribution in [2.24, 2.45) is 0 Å². The van der Waals surface area contributed by atoms with E-state index in [1.807, 2.05) is 23.1 Å². The first-order valence-electron chi connectivity index (χ1n) is 11.2. The molecule has 35 heavy (non-hydrogen) atoms. The number of carbonyl (C=O) groups is 2. The van der Waals surface area contributed by atoms with Crippen LogP contribution in [0.15, 0.2) is 42.5 Å². The molecule has 11 heteroatoms. The van der Waals surface area contributed by atoms with Gasteiger partial charge in [0, 0.05) is 43.4 Å². The van der Waals surface area contributed by atoms with Crippen LogP contribution in [-0.2, 0) is 6.54 Å². The number of nitrogens with one attached hydrogen (secondary N) is 2. The normalized spacial score (nSPS) is 15.2. The highest BCUT2D eigenvalue weighted by Crippen LogP contribution is 2.33. The van der Waals surface area contributed by atoms with Crippen molar-refractivity contribution in [3.05, 3.63) is 63.6 Å². The Morgan fingerprint density at radius 2 is 1.86 bits per heavy atom. The Hall–Kier alpha value is -3.34. The number of nitrogens with zero attached hydrogens (tertiary/aromatic N) is 3. The number of ether oxygens (including phenoxy) is 2. The third-order valence-electron chi connectivity index (χ3n) is 5.80. The molecule has 0 aliphatic carbocycles. The Morgan fingerprint density at radius 3 is 2.66 bits per heavy atom. The molecule has 0 unspecified atom stereocenters.